The molecule has 1 N–H and O–H groups in total. The van der Waals surface area contributed by atoms with Gasteiger partial charge in [-0.1, -0.05) is 92.0 Å². The van der Waals surface area contributed by atoms with Crippen LogP contribution in [0.4, 0.5) is 4.79 Å². The predicted molar refractivity (Wildman–Crippen MR) is 239 cm³/mol. The molecule has 63 heavy (non-hydrogen) atoms. The number of Topliss-reactive ketones (excluding diaryl/α,β-unsaturated/α-hetero) is 1. The summed E-state index contributed by atoms with van der Waals surface area (Å²) in [5, 5.41) is 1.21. The molecule has 2 aliphatic rings. The number of nitrogens with one attached hydrogen (secondary N) is 1. The normalized spacial score (nSPS) is 16.6. The molecule has 3 unspecified atom stereocenters. The van der Waals surface area contributed by atoms with E-state index in [1.165, 1.54) is 6.92 Å². The second-order valence-corrected chi connectivity index (χ2v) is 17.0. The van der Waals surface area contributed by atoms with Crippen LogP contribution in [-0.2, 0) is 54.3 Å². The van der Waals surface area contributed by atoms with Gasteiger partial charge in [0, 0.05) is 41.8 Å². The zero-order valence-electron chi connectivity index (χ0n) is 35.0. The smallest absolute Gasteiger partial charge is 0.338 e. The minimum Gasteiger partial charge on any atom is -0.489 e. The maximum Gasteiger partial charge on any atom is 0.338 e. The Balaban J connectivity index is 0.000000213. The molecule has 4 atom stereocenters. The van der Waals surface area contributed by atoms with Crippen LogP contribution in [0.25, 0.3) is 0 Å². The first-order chi connectivity index (χ1) is 30.5. The first kappa shape index (κ1) is 46.2. The highest BCUT2D eigenvalue weighted by atomic mass is 32.2. The van der Waals surface area contributed by atoms with Crippen LogP contribution in [0.5, 0.6) is 11.5 Å². The number of esters is 2. The van der Waals surface area contributed by atoms with E-state index >= 15 is 0 Å². The molecule has 7 rings (SSSR count). The van der Waals surface area contributed by atoms with Crippen LogP contribution < -0.4 is 14.8 Å². The summed E-state index contributed by atoms with van der Waals surface area (Å²) >= 11 is 2.12. The van der Waals surface area contributed by atoms with E-state index in [1.807, 2.05) is 80.6 Å². The highest BCUT2D eigenvalue weighted by Gasteiger charge is 2.32. The molecule has 3 aromatic carbocycles. The topological polar surface area (TPSA) is 177 Å². The van der Waals surface area contributed by atoms with Gasteiger partial charge in [0.15, 0.2) is 23.1 Å². The average Bonchev–Trinajstić information content (AvgIpc) is 3.80. The number of ether oxygens (including phenoxy) is 4. The van der Waals surface area contributed by atoms with Crippen LogP contribution in [0.2, 0.25) is 0 Å². The fourth-order valence-electron chi connectivity index (χ4n) is 6.46. The Morgan fingerprint density at radius 3 is 1.62 bits per heavy atom. The fraction of sp³-hybridized carbons (Fsp3) is 0.292. The molecule has 0 spiro atoms. The van der Waals surface area contributed by atoms with Crippen molar-refractivity contribution < 1.29 is 47.7 Å². The van der Waals surface area contributed by atoms with Crippen molar-refractivity contribution in [2.75, 3.05) is 13.2 Å². The summed E-state index contributed by atoms with van der Waals surface area (Å²) in [5.41, 5.74) is 5.78. The first-order valence-corrected chi connectivity index (χ1v) is 22.2. The highest BCUT2D eigenvalue weighted by molar-refractivity contribution is 8.15. The molecule has 2 fully saturated rings. The molecular formula is C48H47N3O10S2. The van der Waals surface area contributed by atoms with E-state index in [9.17, 15) is 28.8 Å². The van der Waals surface area contributed by atoms with Crippen molar-refractivity contribution in [3.63, 3.8) is 0 Å². The minimum atomic E-state index is -0.635. The Bertz CT molecular complexity index is 2360. The van der Waals surface area contributed by atoms with Crippen LogP contribution in [0.1, 0.15) is 83.4 Å². The van der Waals surface area contributed by atoms with Gasteiger partial charge >= 0.3 is 11.9 Å². The molecule has 13 nitrogen and oxygen atoms in total. The van der Waals surface area contributed by atoms with Crippen molar-refractivity contribution in [2.45, 2.75) is 75.6 Å². The summed E-state index contributed by atoms with van der Waals surface area (Å²) in [5.74, 6) is 0.133. The average molecular weight is 890 g/mol. The molecule has 15 heteroatoms. The molecule has 0 saturated carbocycles. The number of aromatic nitrogens is 2. The number of imide groups is 1. The third-order valence-electron chi connectivity index (χ3n) is 9.94. The van der Waals surface area contributed by atoms with Crippen LogP contribution in [0.15, 0.2) is 116 Å². The minimum absolute atomic E-state index is 0.0129. The van der Waals surface area contributed by atoms with Crippen molar-refractivity contribution >= 4 is 57.5 Å². The SMILES string of the molecule is CCc1ccc(C(COc2ccc(CC3SC(=O)CC3=O)cc2)OC(=O)c2ccccc2)cn1.CCc1ccc([C@@H](COc2ccc(CC3SC(=O)NC3=O)cc2)OC(C)=O)cn1. The van der Waals surface area contributed by atoms with Gasteiger partial charge in [0.25, 0.3) is 5.24 Å². The van der Waals surface area contributed by atoms with Crippen LogP contribution >= 0.6 is 23.5 Å². The van der Waals surface area contributed by atoms with E-state index in [2.05, 4.69) is 15.3 Å². The van der Waals surface area contributed by atoms with E-state index in [1.54, 1.807) is 48.8 Å². The molecule has 2 amide bonds. The predicted octanol–water partition coefficient (Wildman–Crippen LogP) is 7.99. The Morgan fingerprint density at radius 1 is 0.667 bits per heavy atom. The van der Waals surface area contributed by atoms with E-state index < -0.39 is 29.4 Å². The molecule has 2 aromatic heterocycles. The Labute approximate surface area is 374 Å². The van der Waals surface area contributed by atoms with E-state index in [-0.39, 0.29) is 46.9 Å². The van der Waals surface area contributed by atoms with Crippen LogP contribution in [-0.4, -0.2) is 67.7 Å². The number of carbonyl (C=O) groups excluding carboxylic acids is 6. The quantitative estimate of drug-likeness (QED) is 0.0702. The second kappa shape index (κ2) is 22.7. The lowest BCUT2D eigenvalue weighted by molar-refractivity contribution is -0.148. The van der Waals surface area contributed by atoms with Gasteiger partial charge in [0.1, 0.15) is 24.7 Å². The van der Waals surface area contributed by atoms with Gasteiger partial charge < -0.3 is 18.9 Å². The van der Waals surface area contributed by atoms with Gasteiger partial charge in [-0.15, -0.1) is 0 Å². The number of ketones is 1. The van der Waals surface area contributed by atoms with E-state index in [4.69, 9.17) is 18.9 Å². The third kappa shape index (κ3) is 13.8. The van der Waals surface area contributed by atoms with Gasteiger partial charge in [0.05, 0.1) is 22.5 Å². The van der Waals surface area contributed by atoms with Crippen molar-refractivity contribution in [1.29, 1.82) is 0 Å². The third-order valence-corrected chi connectivity index (χ3v) is 12.0. The summed E-state index contributed by atoms with van der Waals surface area (Å²) in [4.78, 5) is 79.2. The fourth-order valence-corrected chi connectivity index (χ4v) is 8.35. The Morgan fingerprint density at radius 2 is 1.19 bits per heavy atom. The lowest BCUT2D eigenvalue weighted by atomic mass is 10.1. The number of nitrogens with zero attached hydrogens (tertiary/aromatic N) is 2. The number of carbonyl (C=O) groups is 6. The maximum atomic E-state index is 12.7. The van der Waals surface area contributed by atoms with E-state index in [0.717, 1.165) is 70.0 Å². The van der Waals surface area contributed by atoms with Gasteiger partial charge in [-0.3, -0.25) is 39.3 Å². The molecule has 2 saturated heterocycles. The van der Waals surface area contributed by atoms with Crippen molar-refractivity contribution in [1.82, 2.24) is 15.3 Å². The summed E-state index contributed by atoms with van der Waals surface area (Å²) in [6, 6.07) is 31.1. The van der Waals surface area contributed by atoms with Gasteiger partial charge in [-0.05, 0) is 85.3 Å². The first-order valence-electron chi connectivity index (χ1n) is 20.5. The molecular weight excluding hydrogens is 843 g/mol. The zero-order valence-corrected chi connectivity index (χ0v) is 36.7. The van der Waals surface area contributed by atoms with Crippen LogP contribution in [0, 0.1) is 0 Å². The van der Waals surface area contributed by atoms with E-state index in [0.29, 0.717) is 29.9 Å². The number of aryl methyl sites for hydroxylation is 2. The highest BCUT2D eigenvalue weighted by Crippen LogP contribution is 2.29. The number of pyridine rings is 2. The van der Waals surface area contributed by atoms with Gasteiger partial charge in [-0.2, -0.15) is 0 Å². The molecule has 2 aliphatic heterocycles. The number of amides is 2. The molecule has 5 aromatic rings. The lowest BCUT2D eigenvalue weighted by Crippen LogP contribution is -2.25. The number of benzene rings is 3. The summed E-state index contributed by atoms with van der Waals surface area (Å²) in [7, 11) is 0. The van der Waals surface area contributed by atoms with Crippen LogP contribution in [0.3, 0.4) is 0 Å². The van der Waals surface area contributed by atoms with Gasteiger partial charge in [0.2, 0.25) is 5.91 Å². The summed E-state index contributed by atoms with van der Waals surface area (Å²) < 4.78 is 22.9. The van der Waals surface area contributed by atoms with Crippen molar-refractivity contribution in [3.8, 4) is 11.5 Å². The Hall–Kier alpha value is -6.32. The number of hydrogen-bond donors (Lipinski definition) is 1. The van der Waals surface area contributed by atoms with Crippen molar-refractivity contribution in [3.05, 3.63) is 155 Å². The Kier molecular flexibility index (Phi) is 16.6. The van der Waals surface area contributed by atoms with Gasteiger partial charge in [-0.25, -0.2) is 4.79 Å². The standard InChI is InChI=1S/C27H25NO5S.C21H22N2O5S/c1-2-21-11-10-20(16-28-21)24(33-27(31)19-6-4-3-5-7-19)17-32-22-12-8-18(9-13-22)14-25-23(29)15-26(30)34-25;1-3-16-7-6-15(11-22-16)18(28-13(2)24)12-27-17-8-4-14(5-9-17)10-19-20(25)23-21(26)29-19/h3-13,16,24-25H,2,14-15,17H2,1H3;4-9,11,18-19H,3,10,12H2,1-2H3,(H,23,25,26)/t;18-,19?/m.1/s1. The maximum absolute atomic E-state index is 12.7. The number of rotatable bonds is 17. The molecule has 0 bridgehead atoms. The monoisotopic (exact) mass is 889 g/mol. The second-order valence-electron chi connectivity index (χ2n) is 14.6. The zero-order chi connectivity index (χ0) is 44.7. The summed E-state index contributed by atoms with van der Waals surface area (Å²) in [6.45, 7) is 5.68. The summed E-state index contributed by atoms with van der Waals surface area (Å²) in [6.07, 6.45) is 4.87. The molecule has 326 valence electrons. The number of thioether (sulfide) groups is 2. The molecule has 0 radical (unpaired) electrons. The largest absolute Gasteiger partial charge is 0.489 e. The lowest BCUT2D eigenvalue weighted by Gasteiger charge is -2.19. The van der Waals surface area contributed by atoms with Crippen molar-refractivity contribution in [2.24, 2.45) is 0 Å². The molecule has 4 heterocycles. The molecule has 0 aliphatic carbocycles. The number of hydrogen-bond acceptors (Lipinski definition) is 14.